The minimum atomic E-state index is -2.84. The van der Waals surface area contributed by atoms with Gasteiger partial charge >= 0.3 is 0 Å². The van der Waals surface area contributed by atoms with E-state index in [4.69, 9.17) is 0 Å². The van der Waals surface area contributed by atoms with Crippen LogP contribution in [0.4, 0.5) is 0 Å². The highest BCUT2D eigenvalue weighted by molar-refractivity contribution is 8.00. The summed E-state index contributed by atoms with van der Waals surface area (Å²) in [6.45, 7) is 4.33. The van der Waals surface area contributed by atoms with E-state index in [2.05, 4.69) is 11.0 Å². The highest BCUT2D eigenvalue weighted by atomic mass is 32.2. The van der Waals surface area contributed by atoms with Crippen LogP contribution in [0.2, 0.25) is 0 Å². The number of hydrogen-bond acceptors (Lipinski definition) is 5. The molecule has 0 radical (unpaired) electrons. The predicted molar refractivity (Wildman–Crippen MR) is 76.5 cm³/mol. The molecule has 0 aromatic carbocycles. The summed E-state index contributed by atoms with van der Waals surface area (Å²) < 4.78 is 22.5. The monoisotopic (exact) mass is 290 g/mol. The molecule has 6 heteroatoms. The van der Waals surface area contributed by atoms with Crippen molar-refractivity contribution in [1.29, 1.82) is 5.26 Å². The zero-order chi connectivity index (χ0) is 13.6. The van der Waals surface area contributed by atoms with Gasteiger partial charge in [-0.2, -0.15) is 5.26 Å². The molecule has 1 aliphatic heterocycles. The van der Waals surface area contributed by atoms with E-state index in [0.29, 0.717) is 6.42 Å². The average Bonchev–Trinajstić information content (AvgIpc) is 2.40. The lowest BCUT2D eigenvalue weighted by Crippen LogP contribution is -2.42. The van der Waals surface area contributed by atoms with E-state index >= 15 is 0 Å². The molecule has 1 heterocycles. The molecule has 1 saturated heterocycles. The van der Waals surface area contributed by atoms with Crippen LogP contribution in [0.3, 0.4) is 0 Å². The topological polar surface area (TPSA) is 61.2 Å². The molecule has 18 heavy (non-hydrogen) atoms. The maximum absolute atomic E-state index is 11.4. The molecule has 0 bridgehead atoms. The van der Waals surface area contributed by atoms with Crippen LogP contribution in [-0.2, 0) is 9.84 Å². The van der Waals surface area contributed by atoms with Crippen LogP contribution in [-0.4, -0.2) is 55.5 Å². The minimum absolute atomic E-state index is 0.216. The average molecular weight is 290 g/mol. The molecule has 0 aromatic rings. The molecule has 0 amide bonds. The number of rotatable bonds is 6. The van der Waals surface area contributed by atoms with E-state index in [1.54, 1.807) is 18.7 Å². The number of likely N-dealkylation sites (tertiary alicyclic amines) is 1. The van der Waals surface area contributed by atoms with E-state index in [9.17, 15) is 13.7 Å². The van der Waals surface area contributed by atoms with Gasteiger partial charge in [0.05, 0.1) is 11.8 Å². The highest BCUT2D eigenvalue weighted by Crippen LogP contribution is 2.33. The van der Waals surface area contributed by atoms with Crippen molar-refractivity contribution in [2.45, 2.75) is 30.9 Å². The van der Waals surface area contributed by atoms with Crippen LogP contribution in [0.15, 0.2) is 0 Å². The summed E-state index contributed by atoms with van der Waals surface area (Å²) in [7, 11) is -2.84. The molecule has 104 valence electrons. The van der Waals surface area contributed by atoms with Gasteiger partial charge < -0.3 is 4.90 Å². The van der Waals surface area contributed by atoms with Gasteiger partial charge in [-0.25, -0.2) is 8.42 Å². The van der Waals surface area contributed by atoms with Crippen LogP contribution < -0.4 is 0 Å². The lowest BCUT2D eigenvalue weighted by molar-refractivity contribution is 0.218. The van der Waals surface area contributed by atoms with Gasteiger partial charge in [-0.3, -0.25) is 0 Å². The fraction of sp³-hybridized carbons (Fsp3) is 0.917. The first-order valence-electron chi connectivity index (χ1n) is 6.36. The molecule has 1 rings (SSSR count). The molecule has 0 spiro atoms. The molecular weight excluding hydrogens is 268 g/mol. The molecule has 4 nitrogen and oxygen atoms in total. The number of sulfone groups is 1. The molecular formula is C12H22N2O2S2. The van der Waals surface area contributed by atoms with Gasteiger partial charge in [0, 0.05) is 18.8 Å². The third kappa shape index (κ3) is 4.45. The van der Waals surface area contributed by atoms with Crippen LogP contribution in [0.25, 0.3) is 0 Å². The van der Waals surface area contributed by atoms with Crippen LogP contribution in [0, 0.1) is 11.3 Å². The second kappa shape index (κ2) is 6.78. The van der Waals surface area contributed by atoms with Crippen molar-refractivity contribution < 1.29 is 8.42 Å². The molecule has 1 aliphatic rings. The van der Waals surface area contributed by atoms with Crippen molar-refractivity contribution in [3.05, 3.63) is 0 Å². The fourth-order valence-corrected chi connectivity index (χ4v) is 3.69. The summed E-state index contributed by atoms with van der Waals surface area (Å²) >= 11 is 1.64. The van der Waals surface area contributed by atoms with Crippen molar-refractivity contribution in [2.24, 2.45) is 0 Å². The molecule has 0 atom stereocenters. The Labute approximate surface area is 115 Å². The van der Waals surface area contributed by atoms with Crippen molar-refractivity contribution in [2.75, 3.05) is 37.4 Å². The minimum Gasteiger partial charge on any atom is -0.303 e. The third-order valence-corrected chi connectivity index (χ3v) is 6.70. The van der Waals surface area contributed by atoms with Crippen molar-refractivity contribution in [3.8, 4) is 6.07 Å². The summed E-state index contributed by atoms with van der Waals surface area (Å²) in [5.41, 5.74) is 0. The van der Waals surface area contributed by atoms with Crippen LogP contribution >= 0.6 is 11.8 Å². The second-order valence-electron chi connectivity index (χ2n) is 4.74. The third-order valence-electron chi connectivity index (χ3n) is 3.63. The SMILES string of the molecule is CCS(=O)(=O)CCCN1CCC(C#N)(SC)CC1. The van der Waals surface area contributed by atoms with Crippen molar-refractivity contribution >= 4 is 21.6 Å². The standard InChI is InChI=1S/C12H22N2O2S2/c1-3-18(15,16)10-4-7-14-8-5-12(11-13,17-2)6-9-14/h3-10H2,1-2H3. The largest absolute Gasteiger partial charge is 0.303 e. The smallest absolute Gasteiger partial charge is 0.150 e. The van der Waals surface area contributed by atoms with E-state index in [1.165, 1.54) is 0 Å². The molecule has 0 unspecified atom stereocenters. The molecule has 0 saturated carbocycles. The number of hydrogen-bond donors (Lipinski definition) is 0. The van der Waals surface area contributed by atoms with Gasteiger partial charge in [0.2, 0.25) is 0 Å². The summed E-state index contributed by atoms with van der Waals surface area (Å²) in [6, 6.07) is 2.42. The van der Waals surface area contributed by atoms with Gasteiger partial charge in [0.1, 0.15) is 14.6 Å². The number of nitrogens with zero attached hydrogens (tertiary/aromatic N) is 2. The van der Waals surface area contributed by atoms with Gasteiger partial charge in [-0.15, -0.1) is 11.8 Å². The van der Waals surface area contributed by atoms with Crippen LogP contribution in [0.1, 0.15) is 26.2 Å². The highest BCUT2D eigenvalue weighted by Gasteiger charge is 2.33. The first kappa shape index (κ1) is 15.8. The van der Waals surface area contributed by atoms with E-state index in [0.717, 1.165) is 32.5 Å². The maximum atomic E-state index is 11.4. The van der Waals surface area contributed by atoms with E-state index in [-0.39, 0.29) is 16.3 Å². The lowest BCUT2D eigenvalue weighted by atomic mass is 9.97. The van der Waals surface area contributed by atoms with E-state index < -0.39 is 9.84 Å². The lowest BCUT2D eigenvalue weighted by Gasteiger charge is -2.36. The fourth-order valence-electron chi connectivity index (χ4n) is 2.15. The summed E-state index contributed by atoms with van der Waals surface area (Å²) in [5, 5.41) is 9.17. The van der Waals surface area contributed by atoms with Crippen molar-refractivity contribution in [3.63, 3.8) is 0 Å². The second-order valence-corrected chi connectivity index (χ2v) is 8.40. The Morgan fingerprint density at radius 2 is 2.00 bits per heavy atom. The predicted octanol–water partition coefficient (Wildman–Crippen LogP) is 1.53. The van der Waals surface area contributed by atoms with Crippen molar-refractivity contribution in [1.82, 2.24) is 4.90 Å². The zero-order valence-electron chi connectivity index (χ0n) is 11.2. The van der Waals surface area contributed by atoms with Gasteiger partial charge in [0.25, 0.3) is 0 Å². The van der Waals surface area contributed by atoms with Gasteiger partial charge in [-0.05, 0) is 32.1 Å². The number of piperidine rings is 1. The Kier molecular flexibility index (Phi) is 5.96. The Morgan fingerprint density at radius 1 is 1.39 bits per heavy atom. The maximum Gasteiger partial charge on any atom is 0.150 e. The molecule has 0 aromatic heterocycles. The molecule has 1 fully saturated rings. The van der Waals surface area contributed by atoms with Gasteiger partial charge in [0.15, 0.2) is 0 Å². The first-order valence-corrected chi connectivity index (χ1v) is 9.41. The number of nitriles is 1. The Bertz CT molecular complexity index is 393. The quantitative estimate of drug-likeness (QED) is 0.742. The normalized spacial score (nSPS) is 20.5. The number of thioether (sulfide) groups is 1. The van der Waals surface area contributed by atoms with Crippen LogP contribution in [0.5, 0.6) is 0 Å². The molecule has 0 N–H and O–H groups in total. The summed E-state index contributed by atoms with van der Waals surface area (Å²) in [4.78, 5) is 2.27. The molecule has 0 aliphatic carbocycles. The Hall–Kier alpha value is -0.250. The Balaban J connectivity index is 2.31. The first-order chi connectivity index (χ1) is 8.47. The summed E-state index contributed by atoms with van der Waals surface area (Å²) in [6.07, 6.45) is 4.46. The van der Waals surface area contributed by atoms with Gasteiger partial charge in [-0.1, -0.05) is 6.92 Å². The Morgan fingerprint density at radius 3 is 2.44 bits per heavy atom. The summed E-state index contributed by atoms with van der Waals surface area (Å²) in [5.74, 6) is 0.517. The zero-order valence-corrected chi connectivity index (χ0v) is 12.8. The van der Waals surface area contributed by atoms with E-state index in [1.807, 2.05) is 6.26 Å².